The maximum Gasteiger partial charge on any atom is -0.0231 e. The third-order valence-corrected chi connectivity index (χ3v) is 1.84. The van der Waals surface area contributed by atoms with Crippen LogP contribution >= 0.6 is 22.6 Å². The van der Waals surface area contributed by atoms with Crippen molar-refractivity contribution in [2.75, 3.05) is 0 Å². The average Bonchev–Trinajstić information content (AvgIpc) is 1.67. The third-order valence-electron chi connectivity index (χ3n) is 1.43. The lowest BCUT2D eigenvalue weighted by molar-refractivity contribution is 0.505. The molecule has 0 nitrogen and oxygen atoms in total. The van der Waals surface area contributed by atoms with Crippen molar-refractivity contribution < 1.29 is 0 Å². The highest BCUT2D eigenvalue weighted by Gasteiger charge is 1.99. The highest BCUT2D eigenvalue weighted by Crippen LogP contribution is 2.11. The second-order valence-corrected chi connectivity index (χ2v) is 3.14. The standard InChI is InChI=1S/C7H13I/c1-6(2)7(3)4-5-8/h4-7H,1-3H3/b5-4+. The van der Waals surface area contributed by atoms with Crippen LogP contribution in [0.2, 0.25) is 0 Å². The van der Waals surface area contributed by atoms with Crippen molar-refractivity contribution in [3.8, 4) is 0 Å². The fourth-order valence-electron chi connectivity index (χ4n) is 0.337. The van der Waals surface area contributed by atoms with E-state index < -0.39 is 0 Å². The van der Waals surface area contributed by atoms with Crippen molar-refractivity contribution in [2.24, 2.45) is 11.8 Å². The van der Waals surface area contributed by atoms with Gasteiger partial charge in [-0.1, -0.05) is 49.4 Å². The van der Waals surface area contributed by atoms with Gasteiger partial charge in [0.2, 0.25) is 0 Å². The van der Waals surface area contributed by atoms with E-state index in [0.717, 1.165) is 11.8 Å². The van der Waals surface area contributed by atoms with Gasteiger partial charge < -0.3 is 0 Å². The van der Waals surface area contributed by atoms with Crippen LogP contribution in [0.5, 0.6) is 0 Å². The molecule has 1 unspecified atom stereocenters. The molecule has 1 atom stereocenters. The monoisotopic (exact) mass is 224 g/mol. The molecule has 48 valence electrons. The van der Waals surface area contributed by atoms with Crippen molar-refractivity contribution in [2.45, 2.75) is 20.8 Å². The molecule has 0 aliphatic heterocycles. The molecule has 0 radical (unpaired) electrons. The predicted octanol–water partition coefficient (Wildman–Crippen LogP) is 3.23. The smallest absolute Gasteiger partial charge is 0.0231 e. The zero-order chi connectivity index (χ0) is 6.57. The minimum atomic E-state index is 0.729. The fourth-order valence-corrected chi connectivity index (χ4v) is 0.992. The van der Waals surface area contributed by atoms with E-state index in [2.05, 4.69) is 53.5 Å². The Balaban J connectivity index is 3.47. The largest absolute Gasteiger partial charge is 0.0754 e. The van der Waals surface area contributed by atoms with Crippen LogP contribution < -0.4 is 0 Å². The molecule has 8 heavy (non-hydrogen) atoms. The van der Waals surface area contributed by atoms with E-state index in [1.54, 1.807) is 0 Å². The quantitative estimate of drug-likeness (QED) is 0.631. The van der Waals surface area contributed by atoms with Crippen LogP contribution in [0.1, 0.15) is 20.8 Å². The van der Waals surface area contributed by atoms with Crippen molar-refractivity contribution in [3.05, 3.63) is 10.2 Å². The Bertz CT molecular complexity index is 74.5. The topological polar surface area (TPSA) is 0 Å². The minimum Gasteiger partial charge on any atom is -0.0754 e. The second-order valence-electron chi connectivity index (χ2n) is 2.42. The average molecular weight is 224 g/mol. The molecule has 1 heteroatoms. The fraction of sp³-hybridized carbons (Fsp3) is 0.714. The summed E-state index contributed by atoms with van der Waals surface area (Å²) in [6.45, 7) is 6.71. The summed E-state index contributed by atoms with van der Waals surface area (Å²) >= 11 is 2.26. The van der Waals surface area contributed by atoms with Gasteiger partial charge in [0.1, 0.15) is 0 Å². The molecular formula is C7H13I. The summed E-state index contributed by atoms with van der Waals surface area (Å²) in [5.41, 5.74) is 0. The lowest BCUT2D eigenvalue weighted by atomic mass is 9.99. The first kappa shape index (κ1) is 8.47. The first-order valence-corrected chi connectivity index (χ1v) is 4.20. The molecule has 0 heterocycles. The zero-order valence-electron chi connectivity index (χ0n) is 5.69. The predicted molar refractivity (Wildman–Crippen MR) is 47.2 cm³/mol. The van der Waals surface area contributed by atoms with Gasteiger partial charge >= 0.3 is 0 Å². The van der Waals surface area contributed by atoms with Gasteiger partial charge in [-0.05, 0) is 15.9 Å². The van der Waals surface area contributed by atoms with Gasteiger partial charge in [0.05, 0.1) is 0 Å². The number of halogens is 1. The van der Waals surface area contributed by atoms with Crippen molar-refractivity contribution in [3.63, 3.8) is 0 Å². The molecule has 0 aromatic carbocycles. The molecule has 0 spiro atoms. The SMILES string of the molecule is CC(C)C(C)/C=C/I. The Labute approximate surface area is 65.5 Å². The van der Waals surface area contributed by atoms with E-state index in [4.69, 9.17) is 0 Å². The Morgan fingerprint density at radius 1 is 1.25 bits per heavy atom. The summed E-state index contributed by atoms with van der Waals surface area (Å²) < 4.78 is 2.09. The first-order chi connectivity index (χ1) is 3.68. The van der Waals surface area contributed by atoms with Gasteiger partial charge in [-0.25, -0.2) is 0 Å². The number of rotatable bonds is 2. The van der Waals surface area contributed by atoms with Crippen molar-refractivity contribution in [1.29, 1.82) is 0 Å². The van der Waals surface area contributed by atoms with Gasteiger partial charge in [-0.15, -0.1) is 0 Å². The number of hydrogen-bond acceptors (Lipinski definition) is 0. The molecule has 0 bridgehead atoms. The second kappa shape index (κ2) is 4.36. The molecule has 0 aromatic rings. The molecule has 0 aliphatic carbocycles. The third kappa shape index (κ3) is 3.47. The van der Waals surface area contributed by atoms with E-state index in [-0.39, 0.29) is 0 Å². The highest BCUT2D eigenvalue weighted by atomic mass is 127. The van der Waals surface area contributed by atoms with Crippen LogP contribution in [0.3, 0.4) is 0 Å². The molecule has 0 N–H and O–H groups in total. The van der Waals surface area contributed by atoms with E-state index in [9.17, 15) is 0 Å². The Morgan fingerprint density at radius 2 is 1.75 bits per heavy atom. The van der Waals surface area contributed by atoms with Crippen molar-refractivity contribution in [1.82, 2.24) is 0 Å². The lowest BCUT2D eigenvalue weighted by Crippen LogP contribution is -1.98. The van der Waals surface area contributed by atoms with Gasteiger partial charge in [0, 0.05) is 0 Å². The molecule has 0 aromatic heterocycles. The summed E-state index contributed by atoms with van der Waals surface area (Å²) in [6.07, 6.45) is 2.23. The Hall–Kier alpha value is 0.470. The van der Waals surface area contributed by atoms with E-state index in [1.807, 2.05) is 0 Å². The molecule has 0 saturated heterocycles. The minimum absolute atomic E-state index is 0.729. The zero-order valence-corrected chi connectivity index (χ0v) is 7.84. The van der Waals surface area contributed by atoms with Crippen molar-refractivity contribution >= 4 is 22.6 Å². The van der Waals surface area contributed by atoms with Crippen LogP contribution in [0.4, 0.5) is 0 Å². The first-order valence-electron chi connectivity index (χ1n) is 2.95. The van der Waals surface area contributed by atoms with Gasteiger partial charge in [-0.2, -0.15) is 0 Å². The van der Waals surface area contributed by atoms with E-state index in [0.29, 0.717) is 0 Å². The summed E-state index contributed by atoms with van der Waals surface area (Å²) in [4.78, 5) is 0. The maximum atomic E-state index is 2.26. The van der Waals surface area contributed by atoms with Gasteiger partial charge in [0.25, 0.3) is 0 Å². The summed E-state index contributed by atoms with van der Waals surface area (Å²) in [6, 6.07) is 0. The molecular weight excluding hydrogens is 211 g/mol. The molecule has 0 aliphatic rings. The highest BCUT2D eigenvalue weighted by molar-refractivity contribution is 14.1. The lowest BCUT2D eigenvalue weighted by Gasteiger charge is -2.07. The Kier molecular flexibility index (Phi) is 4.61. The van der Waals surface area contributed by atoms with Crippen LogP contribution in [0.15, 0.2) is 10.2 Å². The number of allylic oxidation sites excluding steroid dienone is 1. The van der Waals surface area contributed by atoms with Crippen LogP contribution in [0.25, 0.3) is 0 Å². The Morgan fingerprint density at radius 3 is 1.88 bits per heavy atom. The van der Waals surface area contributed by atoms with Gasteiger partial charge in [0.15, 0.2) is 0 Å². The van der Waals surface area contributed by atoms with E-state index >= 15 is 0 Å². The maximum absolute atomic E-state index is 2.26. The molecule has 0 amide bonds. The molecule has 0 saturated carbocycles. The van der Waals surface area contributed by atoms with Crippen LogP contribution in [-0.4, -0.2) is 0 Å². The summed E-state index contributed by atoms with van der Waals surface area (Å²) in [5, 5.41) is 0. The normalized spacial score (nSPS) is 15.6. The molecule has 0 fully saturated rings. The van der Waals surface area contributed by atoms with E-state index in [1.165, 1.54) is 0 Å². The van der Waals surface area contributed by atoms with Crippen LogP contribution in [-0.2, 0) is 0 Å². The van der Waals surface area contributed by atoms with Gasteiger partial charge in [-0.3, -0.25) is 0 Å². The summed E-state index contributed by atoms with van der Waals surface area (Å²) in [5.74, 6) is 1.51. The number of hydrogen-bond donors (Lipinski definition) is 0. The molecule has 0 rings (SSSR count). The summed E-state index contributed by atoms with van der Waals surface area (Å²) in [7, 11) is 0. The van der Waals surface area contributed by atoms with Crippen LogP contribution in [0, 0.1) is 11.8 Å².